The summed E-state index contributed by atoms with van der Waals surface area (Å²) < 4.78 is 5.29. The van der Waals surface area contributed by atoms with Crippen LogP contribution in [0.1, 0.15) is 28.3 Å². The van der Waals surface area contributed by atoms with Crippen LogP contribution in [0.25, 0.3) is 5.76 Å². The molecule has 1 heterocycles. The van der Waals surface area contributed by atoms with Crippen molar-refractivity contribution >= 4 is 29.1 Å². The molecule has 1 unspecified atom stereocenters. The van der Waals surface area contributed by atoms with Crippen LogP contribution in [0.15, 0.2) is 78.4 Å². The molecule has 0 bridgehead atoms. The standard InChI is InChI=1S/C26H22ClNO4/c1-16-5-3-7-19(13-16)23-22(24(29)18-9-11-20(27)12-10-18)25(30)26(31)28(23)15-17-6-4-8-21(14-17)32-2/h3-14,23,29H,15H2,1-2H3/b24-22-. The lowest BCUT2D eigenvalue weighted by molar-refractivity contribution is -0.140. The van der Waals surface area contributed by atoms with E-state index < -0.39 is 17.7 Å². The van der Waals surface area contributed by atoms with Gasteiger partial charge in [-0.3, -0.25) is 9.59 Å². The number of carbonyl (C=O) groups is 2. The Morgan fingerprint density at radius 2 is 1.75 bits per heavy atom. The zero-order valence-corrected chi connectivity index (χ0v) is 18.5. The molecule has 1 N–H and O–H groups in total. The lowest BCUT2D eigenvalue weighted by atomic mass is 9.94. The van der Waals surface area contributed by atoms with E-state index >= 15 is 0 Å². The predicted octanol–water partition coefficient (Wildman–Crippen LogP) is 5.28. The van der Waals surface area contributed by atoms with Crippen molar-refractivity contribution in [3.05, 3.63) is 106 Å². The SMILES string of the molecule is COc1cccc(CN2C(=O)C(=O)/C(=C(\O)c3ccc(Cl)cc3)C2c2cccc(C)c2)c1. The first-order chi connectivity index (χ1) is 15.4. The van der Waals surface area contributed by atoms with Crippen LogP contribution >= 0.6 is 11.6 Å². The van der Waals surface area contributed by atoms with Crippen LogP contribution < -0.4 is 4.74 Å². The third-order valence-electron chi connectivity index (χ3n) is 5.50. The first-order valence-corrected chi connectivity index (χ1v) is 10.5. The molecule has 0 spiro atoms. The number of amides is 1. The Morgan fingerprint density at radius 3 is 2.44 bits per heavy atom. The monoisotopic (exact) mass is 447 g/mol. The molecule has 1 amide bonds. The normalized spacial score (nSPS) is 17.6. The van der Waals surface area contributed by atoms with E-state index in [0.717, 1.165) is 16.7 Å². The number of ether oxygens (including phenoxy) is 1. The van der Waals surface area contributed by atoms with Gasteiger partial charge in [-0.1, -0.05) is 53.6 Å². The second kappa shape index (κ2) is 8.89. The highest BCUT2D eigenvalue weighted by Crippen LogP contribution is 2.40. The van der Waals surface area contributed by atoms with E-state index in [4.69, 9.17) is 16.3 Å². The van der Waals surface area contributed by atoms with Crippen molar-refractivity contribution in [1.29, 1.82) is 0 Å². The van der Waals surface area contributed by atoms with Gasteiger partial charge in [-0.15, -0.1) is 0 Å². The van der Waals surface area contributed by atoms with Crippen molar-refractivity contribution in [2.24, 2.45) is 0 Å². The van der Waals surface area contributed by atoms with Gasteiger partial charge in [-0.05, 0) is 54.4 Å². The number of rotatable bonds is 5. The van der Waals surface area contributed by atoms with Gasteiger partial charge in [0.2, 0.25) is 0 Å². The van der Waals surface area contributed by atoms with Gasteiger partial charge in [-0.25, -0.2) is 0 Å². The minimum Gasteiger partial charge on any atom is -0.507 e. The fourth-order valence-electron chi connectivity index (χ4n) is 3.96. The quantitative estimate of drug-likeness (QED) is 0.328. The van der Waals surface area contributed by atoms with Gasteiger partial charge in [0.25, 0.3) is 11.7 Å². The van der Waals surface area contributed by atoms with Crippen molar-refractivity contribution in [2.75, 3.05) is 7.11 Å². The van der Waals surface area contributed by atoms with Gasteiger partial charge < -0.3 is 14.7 Å². The summed E-state index contributed by atoms with van der Waals surface area (Å²) in [5.41, 5.74) is 3.04. The number of carbonyl (C=O) groups excluding carboxylic acids is 2. The summed E-state index contributed by atoms with van der Waals surface area (Å²) in [6.07, 6.45) is 0. The molecule has 1 fully saturated rings. The molecule has 0 radical (unpaired) electrons. The maximum Gasteiger partial charge on any atom is 0.295 e. The Balaban J connectivity index is 1.85. The highest BCUT2D eigenvalue weighted by atomic mass is 35.5. The molecule has 0 aliphatic carbocycles. The van der Waals surface area contributed by atoms with Gasteiger partial charge in [0.15, 0.2) is 0 Å². The highest BCUT2D eigenvalue weighted by Gasteiger charge is 2.46. The number of halogens is 1. The van der Waals surface area contributed by atoms with E-state index in [2.05, 4.69) is 0 Å². The second-order valence-electron chi connectivity index (χ2n) is 7.70. The molecule has 0 saturated carbocycles. The van der Waals surface area contributed by atoms with Crippen LogP contribution in [-0.4, -0.2) is 28.8 Å². The summed E-state index contributed by atoms with van der Waals surface area (Å²) in [4.78, 5) is 27.7. The topological polar surface area (TPSA) is 66.8 Å². The molecule has 3 aromatic rings. The number of likely N-dealkylation sites (tertiary alicyclic amines) is 1. The van der Waals surface area contributed by atoms with Crippen molar-refractivity contribution in [2.45, 2.75) is 19.5 Å². The number of aliphatic hydroxyl groups excluding tert-OH is 1. The minimum absolute atomic E-state index is 0.0609. The van der Waals surface area contributed by atoms with Crippen LogP contribution in [0.4, 0.5) is 0 Å². The first-order valence-electron chi connectivity index (χ1n) is 10.1. The Morgan fingerprint density at radius 1 is 1.03 bits per heavy atom. The van der Waals surface area contributed by atoms with Crippen LogP contribution in [0.3, 0.4) is 0 Å². The molecule has 1 saturated heterocycles. The number of Topliss-reactive ketones (excluding diaryl/α,β-unsaturated/α-hetero) is 1. The van der Waals surface area contributed by atoms with Crippen molar-refractivity contribution in [3.8, 4) is 5.75 Å². The molecule has 4 rings (SSSR count). The Labute approximate surface area is 191 Å². The van der Waals surface area contributed by atoms with Crippen LogP contribution in [0.2, 0.25) is 5.02 Å². The van der Waals surface area contributed by atoms with E-state index in [1.54, 1.807) is 31.4 Å². The third kappa shape index (κ3) is 4.12. The minimum atomic E-state index is -0.725. The average molecular weight is 448 g/mol. The first kappa shape index (κ1) is 21.7. The molecule has 0 aromatic heterocycles. The van der Waals surface area contributed by atoms with Crippen molar-refractivity contribution < 1.29 is 19.4 Å². The van der Waals surface area contributed by atoms with Crippen molar-refractivity contribution in [3.63, 3.8) is 0 Å². The lowest BCUT2D eigenvalue weighted by Gasteiger charge is -2.26. The summed E-state index contributed by atoms with van der Waals surface area (Å²) in [5, 5.41) is 11.6. The highest BCUT2D eigenvalue weighted by molar-refractivity contribution is 6.46. The summed E-state index contributed by atoms with van der Waals surface area (Å²) in [6.45, 7) is 2.13. The Bertz CT molecular complexity index is 1220. The number of ketones is 1. The van der Waals surface area contributed by atoms with Gasteiger partial charge in [0.05, 0.1) is 18.7 Å². The van der Waals surface area contributed by atoms with Crippen molar-refractivity contribution in [1.82, 2.24) is 4.90 Å². The fourth-order valence-corrected chi connectivity index (χ4v) is 4.09. The summed E-state index contributed by atoms with van der Waals surface area (Å²) in [6, 6.07) is 20.7. The third-order valence-corrected chi connectivity index (χ3v) is 5.75. The number of nitrogens with zero attached hydrogens (tertiary/aromatic N) is 1. The van der Waals surface area contributed by atoms with Gasteiger partial charge in [-0.2, -0.15) is 0 Å². The predicted molar refractivity (Wildman–Crippen MR) is 123 cm³/mol. The van der Waals surface area contributed by atoms with E-state index in [0.29, 0.717) is 16.3 Å². The number of aliphatic hydroxyl groups is 1. The lowest BCUT2D eigenvalue weighted by Crippen LogP contribution is -2.29. The summed E-state index contributed by atoms with van der Waals surface area (Å²) >= 11 is 5.97. The molecule has 32 heavy (non-hydrogen) atoms. The van der Waals surface area contributed by atoms with Gasteiger partial charge in [0.1, 0.15) is 11.5 Å². The van der Waals surface area contributed by atoms with E-state index in [9.17, 15) is 14.7 Å². The van der Waals surface area contributed by atoms with E-state index in [1.165, 1.54) is 4.90 Å². The maximum absolute atomic E-state index is 13.1. The second-order valence-corrected chi connectivity index (χ2v) is 8.14. The van der Waals surface area contributed by atoms with Gasteiger partial charge >= 0.3 is 0 Å². The van der Waals surface area contributed by atoms with Crippen LogP contribution in [0.5, 0.6) is 5.75 Å². The number of hydrogen-bond donors (Lipinski definition) is 1. The fraction of sp³-hybridized carbons (Fsp3) is 0.154. The summed E-state index contributed by atoms with van der Waals surface area (Å²) in [5.74, 6) is -0.936. The molecule has 1 aliphatic heterocycles. The zero-order chi connectivity index (χ0) is 22.8. The molecule has 3 aromatic carbocycles. The average Bonchev–Trinajstić information content (AvgIpc) is 3.04. The zero-order valence-electron chi connectivity index (χ0n) is 17.7. The number of aryl methyl sites for hydroxylation is 1. The number of benzene rings is 3. The number of methoxy groups -OCH3 is 1. The number of hydrogen-bond acceptors (Lipinski definition) is 4. The maximum atomic E-state index is 13.1. The molecule has 1 atom stereocenters. The van der Waals surface area contributed by atoms with E-state index in [-0.39, 0.29) is 17.9 Å². The Kier molecular flexibility index (Phi) is 6.01. The van der Waals surface area contributed by atoms with Crippen LogP contribution in [0, 0.1) is 6.92 Å². The molecule has 162 valence electrons. The summed E-state index contributed by atoms with van der Waals surface area (Å²) in [7, 11) is 1.57. The largest absolute Gasteiger partial charge is 0.507 e. The molecule has 6 heteroatoms. The molecular weight excluding hydrogens is 426 g/mol. The van der Waals surface area contributed by atoms with Crippen LogP contribution in [-0.2, 0) is 16.1 Å². The molecular formula is C26H22ClNO4. The van der Waals surface area contributed by atoms with Gasteiger partial charge in [0, 0.05) is 17.1 Å². The molecule has 1 aliphatic rings. The Hall–Kier alpha value is -3.57. The van der Waals surface area contributed by atoms with E-state index in [1.807, 2.05) is 55.5 Å². The smallest absolute Gasteiger partial charge is 0.295 e. The molecule has 5 nitrogen and oxygen atoms in total.